The number of rotatable bonds is 6. The summed E-state index contributed by atoms with van der Waals surface area (Å²) in [6.07, 6.45) is 7.71. The predicted octanol–water partition coefficient (Wildman–Crippen LogP) is 5.93. The van der Waals surface area contributed by atoms with Crippen molar-refractivity contribution >= 4 is 5.91 Å². The number of benzene rings is 1. The average Bonchev–Trinajstić information content (AvgIpc) is 2.93. The molecule has 1 aromatic carbocycles. The van der Waals surface area contributed by atoms with Gasteiger partial charge in [0, 0.05) is 43.0 Å². The van der Waals surface area contributed by atoms with Crippen LogP contribution in [0.2, 0.25) is 0 Å². The van der Waals surface area contributed by atoms with Crippen LogP contribution in [-0.4, -0.2) is 57.4 Å². The SMILES string of the molecule is Cc1ccc(C(Oc2ccccn2)C2CCN(C3(C)CCN(C(=O)c4c(C)ccnc4C)CC3)CC2)cc1. The molecule has 6 heteroatoms. The molecule has 200 valence electrons. The van der Waals surface area contributed by atoms with Crippen LogP contribution in [0, 0.1) is 26.7 Å². The second kappa shape index (κ2) is 11.2. The number of carbonyl (C=O) groups is 1. The highest BCUT2D eigenvalue weighted by molar-refractivity contribution is 5.96. The van der Waals surface area contributed by atoms with E-state index in [9.17, 15) is 4.79 Å². The van der Waals surface area contributed by atoms with Gasteiger partial charge in [-0.25, -0.2) is 4.98 Å². The van der Waals surface area contributed by atoms with Gasteiger partial charge in [-0.3, -0.25) is 14.7 Å². The molecule has 2 saturated heterocycles. The maximum atomic E-state index is 13.3. The zero-order chi connectivity index (χ0) is 26.7. The maximum absolute atomic E-state index is 13.3. The van der Waals surface area contributed by atoms with Crippen molar-refractivity contribution in [2.75, 3.05) is 26.2 Å². The quantitative estimate of drug-likeness (QED) is 0.410. The highest BCUT2D eigenvalue weighted by Crippen LogP contribution is 2.38. The van der Waals surface area contributed by atoms with E-state index < -0.39 is 0 Å². The summed E-state index contributed by atoms with van der Waals surface area (Å²) in [6.45, 7) is 12.1. The monoisotopic (exact) mass is 512 g/mol. The Hall–Kier alpha value is -3.25. The molecule has 5 rings (SSSR count). The highest BCUT2D eigenvalue weighted by atomic mass is 16.5. The topological polar surface area (TPSA) is 58.6 Å². The lowest BCUT2D eigenvalue weighted by Gasteiger charge is -2.50. The van der Waals surface area contributed by atoms with Crippen LogP contribution in [0.3, 0.4) is 0 Å². The minimum absolute atomic E-state index is 0.00844. The van der Waals surface area contributed by atoms with Crippen molar-refractivity contribution in [3.63, 3.8) is 0 Å². The third-order valence-corrected chi connectivity index (χ3v) is 8.71. The van der Waals surface area contributed by atoms with E-state index in [2.05, 4.69) is 53.0 Å². The number of hydrogen-bond acceptors (Lipinski definition) is 5. The zero-order valence-electron chi connectivity index (χ0n) is 23.2. The van der Waals surface area contributed by atoms with Crippen LogP contribution in [0.15, 0.2) is 60.9 Å². The third kappa shape index (κ3) is 5.60. The van der Waals surface area contributed by atoms with Crippen LogP contribution in [0.1, 0.15) is 71.5 Å². The summed E-state index contributed by atoms with van der Waals surface area (Å²) in [5.41, 5.74) is 5.19. The van der Waals surface area contributed by atoms with E-state index in [-0.39, 0.29) is 17.6 Å². The molecule has 6 nitrogen and oxygen atoms in total. The maximum Gasteiger partial charge on any atom is 0.255 e. The smallest absolute Gasteiger partial charge is 0.255 e. The Labute approximate surface area is 227 Å². The lowest BCUT2D eigenvalue weighted by molar-refractivity contribution is -0.00615. The number of pyridine rings is 2. The van der Waals surface area contributed by atoms with Gasteiger partial charge < -0.3 is 9.64 Å². The molecule has 0 aliphatic carbocycles. The third-order valence-electron chi connectivity index (χ3n) is 8.71. The van der Waals surface area contributed by atoms with Crippen LogP contribution >= 0.6 is 0 Å². The number of aryl methyl sites for hydroxylation is 3. The second-order valence-electron chi connectivity index (χ2n) is 11.3. The molecule has 1 atom stereocenters. The molecule has 2 aromatic heterocycles. The minimum Gasteiger partial charge on any atom is -0.469 e. The molecule has 0 radical (unpaired) electrons. The Bertz CT molecular complexity index is 1210. The summed E-state index contributed by atoms with van der Waals surface area (Å²) in [4.78, 5) is 26.8. The largest absolute Gasteiger partial charge is 0.469 e. The van der Waals surface area contributed by atoms with Crippen molar-refractivity contribution in [3.8, 4) is 5.88 Å². The van der Waals surface area contributed by atoms with E-state index in [4.69, 9.17) is 4.74 Å². The summed E-state index contributed by atoms with van der Waals surface area (Å²) in [6, 6.07) is 16.5. The van der Waals surface area contributed by atoms with Crippen molar-refractivity contribution in [1.29, 1.82) is 0 Å². The van der Waals surface area contributed by atoms with E-state index in [0.29, 0.717) is 11.8 Å². The Kier molecular flexibility index (Phi) is 7.80. The molecule has 2 fully saturated rings. The number of likely N-dealkylation sites (tertiary alicyclic amines) is 2. The van der Waals surface area contributed by atoms with Gasteiger partial charge in [0.1, 0.15) is 6.10 Å². The lowest BCUT2D eigenvalue weighted by atomic mass is 9.82. The first-order valence-electron chi connectivity index (χ1n) is 13.9. The van der Waals surface area contributed by atoms with E-state index in [1.54, 1.807) is 12.4 Å². The Balaban J connectivity index is 1.22. The van der Waals surface area contributed by atoms with Gasteiger partial charge in [0.25, 0.3) is 5.91 Å². The number of hydrogen-bond donors (Lipinski definition) is 0. The zero-order valence-corrected chi connectivity index (χ0v) is 23.2. The normalized spacial score (nSPS) is 19.2. The van der Waals surface area contributed by atoms with E-state index in [0.717, 1.165) is 68.7 Å². The molecule has 0 saturated carbocycles. The van der Waals surface area contributed by atoms with Crippen LogP contribution in [0.5, 0.6) is 5.88 Å². The van der Waals surface area contributed by atoms with Crippen LogP contribution in [0.25, 0.3) is 0 Å². The number of ether oxygens (including phenoxy) is 1. The molecular formula is C32H40N4O2. The lowest BCUT2D eigenvalue weighted by Crippen LogP contribution is -2.56. The van der Waals surface area contributed by atoms with Crippen LogP contribution in [0.4, 0.5) is 0 Å². The number of nitrogens with zero attached hydrogens (tertiary/aromatic N) is 4. The first-order chi connectivity index (χ1) is 18.3. The molecular weight excluding hydrogens is 472 g/mol. The fourth-order valence-electron chi connectivity index (χ4n) is 6.16. The number of carbonyl (C=O) groups excluding carboxylic acids is 1. The van der Waals surface area contributed by atoms with Gasteiger partial charge >= 0.3 is 0 Å². The van der Waals surface area contributed by atoms with Gasteiger partial charge in [-0.1, -0.05) is 35.9 Å². The summed E-state index contributed by atoms with van der Waals surface area (Å²) in [5.74, 6) is 1.24. The number of piperidine rings is 2. The Morgan fingerprint density at radius 3 is 2.26 bits per heavy atom. The standard InChI is InChI=1S/C32H40N4O2/c1-23-8-10-26(11-9-23)30(38-28-7-5-6-17-34-28)27-13-19-36(20-14-27)32(4)15-21-35(22-16-32)31(37)29-24(2)12-18-33-25(29)3/h5-12,17-18,27,30H,13-16,19-22H2,1-4H3. The first kappa shape index (κ1) is 26.4. The summed E-state index contributed by atoms with van der Waals surface area (Å²) in [5, 5.41) is 0. The highest BCUT2D eigenvalue weighted by Gasteiger charge is 2.40. The van der Waals surface area contributed by atoms with Crippen molar-refractivity contribution in [3.05, 3.63) is 88.9 Å². The molecule has 1 amide bonds. The number of aromatic nitrogens is 2. The van der Waals surface area contributed by atoms with Crippen LogP contribution in [-0.2, 0) is 0 Å². The summed E-state index contributed by atoms with van der Waals surface area (Å²) < 4.78 is 6.51. The van der Waals surface area contributed by atoms with Crippen molar-refractivity contribution in [2.45, 2.75) is 65.0 Å². The minimum atomic E-state index is -0.00844. The fourth-order valence-corrected chi connectivity index (χ4v) is 6.16. The molecule has 0 spiro atoms. The molecule has 2 aliphatic rings. The molecule has 3 aromatic rings. The molecule has 2 aliphatic heterocycles. The van der Waals surface area contributed by atoms with Crippen molar-refractivity contribution in [1.82, 2.24) is 19.8 Å². The summed E-state index contributed by atoms with van der Waals surface area (Å²) in [7, 11) is 0. The van der Waals surface area contributed by atoms with Gasteiger partial charge in [-0.05, 0) is 89.7 Å². The Morgan fingerprint density at radius 1 is 0.921 bits per heavy atom. The van der Waals surface area contributed by atoms with Gasteiger partial charge in [-0.15, -0.1) is 0 Å². The average molecular weight is 513 g/mol. The molecule has 0 bridgehead atoms. The second-order valence-corrected chi connectivity index (χ2v) is 11.3. The van der Waals surface area contributed by atoms with Gasteiger partial charge in [-0.2, -0.15) is 0 Å². The molecule has 0 N–H and O–H groups in total. The predicted molar refractivity (Wildman–Crippen MR) is 150 cm³/mol. The van der Waals surface area contributed by atoms with E-state index in [1.165, 1.54) is 11.1 Å². The first-order valence-corrected chi connectivity index (χ1v) is 13.9. The van der Waals surface area contributed by atoms with E-state index in [1.807, 2.05) is 43.0 Å². The van der Waals surface area contributed by atoms with Gasteiger partial charge in [0.05, 0.1) is 11.3 Å². The van der Waals surface area contributed by atoms with Gasteiger partial charge in [0.2, 0.25) is 5.88 Å². The Morgan fingerprint density at radius 2 is 1.63 bits per heavy atom. The van der Waals surface area contributed by atoms with Crippen molar-refractivity contribution < 1.29 is 9.53 Å². The van der Waals surface area contributed by atoms with Crippen LogP contribution < -0.4 is 4.74 Å². The fraction of sp³-hybridized carbons (Fsp3) is 0.469. The van der Waals surface area contributed by atoms with E-state index >= 15 is 0 Å². The number of amides is 1. The molecule has 4 heterocycles. The van der Waals surface area contributed by atoms with Gasteiger partial charge in [0.15, 0.2) is 0 Å². The molecule has 38 heavy (non-hydrogen) atoms. The van der Waals surface area contributed by atoms with Crippen molar-refractivity contribution in [2.24, 2.45) is 5.92 Å². The summed E-state index contributed by atoms with van der Waals surface area (Å²) >= 11 is 0. The molecule has 1 unspecified atom stereocenters.